The molecule has 0 saturated heterocycles. The standard InChI is InChI=1S/C58H94O/c1-5-9-13-17-45-21-29-49(30-22-45)51-37-41-55(42-38-51)57(53-33-25-47(26-34-53)19-15-11-7-3)59-58(54-35-27-48(28-36-54)20-16-12-8-4)56-43-39-52(40-44-56)50-31-23-46(24-32-50)18-14-10-6-2/h25-28,33-36,45-46,49-52,55-58H,5-24,29-32,37-44H2,1-4H3. The molecule has 0 heterocycles. The van der Waals surface area contributed by atoms with E-state index >= 15 is 0 Å². The summed E-state index contributed by atoms with van der Waals surface area (Å²) in [7, 11) is 0. The van der Waals surface area contributed by atoms with E-state index in [-0.39, 0.29) is 12.2 Å². The first-order valence-electron chi connectivity index (χ1n) is 26.9. The second kappa shape index (κ2) is 26.1. The van der Waals surface area contributed by atoms with E-state index in [0.29, 0.717) is 11.8 Å². The lowest BCUT2D eigenvalue weighted by atomic mass is 9.67. The maximum absolute atomic E-state index is 7.86. The van der Waals surface area contributed by atoms with Crippen LogP contribution in [0.2, 0.25) is 0 Å². The van der Waals surface area contributed by atoms with Gasteiger partial charge in [0.2, 0.25) is 0 Å². The molecular weight excluding hydrogens is 713 g/mol. The minimum atomic E-state index is 0.199. The van der Waals surface area contributed by atoms with Gasteiger partial charge in [-0.05, 0) is 172 Å². The summed E-state index contributed by atoms with van der Waals surface area (Å²) >= 11 is 0. The van der Waals surface area contributed by atoms with Crippen LogP contribution in [-0.4, -0.2) is 0 Å². The maximum atomic E-state index is 7.86. The molecular formula is C58H94O. The van der Waals surface area contributed by atoms with Gasteiger partial charge in [-0.1, -0.05) is 179 Å². The largest absolute Gasteiger partial charge is 0.365 e. The lowest BCUT2D eigenvalue weighted by molar-refractivity contribution is -0.0934. The van der Waals surface area contributed by atoms with Gasteiger partial charge in [0, 0.05) is 0 Å². The minimum Gasteiger partial charge on any atom is -0.365 e. The van der Waals surface area contributed by atoms with E-state index in [4.69, 9.17) is 4.74 Å². The summed E-state index contributed by atoms with van der Waals surface area (Å²) in [6.07, 6.45) is 45.3. The molecule has 0 amide bonds. The molecule has 1 heteroatoms. The summed E-state index contributed by atoms with van der Waals surface area (Å²) in [6.45, 7) is 9.35. The summed E-state index contributed by atoms with van der Waals surface area (Å²) in [5.74, 6) is 7.15. The van der Waals surface area contributed by atoms with Crippen molar-refractivity contribution in [3.8, 4) is 0 Å². The number of hydrogen-bond donors (Lipinski definition) is 0. The summed E-state index contributed by atoms with van der Waals surface area (Å²) < 4.78 is 7.86. The van der Waals surface area contributed by atoms with Crippen molar-refractivity contribution in [3.05, 3.63) is 70.8 Å². The van der Waals surface area contributed by atoms with E-state index < -0.39 is 0 Å². The van der Waals surface area contributed by atoms with Crippen molar-refractivity contribution in [2.24, 2.45) is 47.3 Å². The summed E-state index contributed by atoms with van der Waals surface area (Å²) in [4.78, 5) is 0. The average molecular weight is 807 g/mol. The molecule has 332 valence electrons. The minimum absolute atomic E-state index is 0.199. The van der Waals surface area contributed by atoms with Crippen LogP contribution in [0.5, 0.6) is 0 Å². The van der Waals surface area contributed by atoms with E-state index in [9.17, 15) is 0 Å². The smallest absolute Gasteiger partial charge is 0.0861 e. The first-order valence-corrected chi connectivity index (χ1v) is 26.9. The fraction of sp³-hybridized carbons (Fsp3) is 0.793. The fourth-order valence-corrected chi connectivity index (χ4v) is 13.1. The fourth-order valence-electron chi connectivity index (χ4n) is 13.1. The molecule has 4 aliphatic rings. The van der Waals surface area contributed by atoms with Crippen molar-refractivity contribution in [3.63, 3.8) is 0 Å². The maximum Gasteiger partial charge on any atom is 0.0861 e. The molecule has 6 rings (SSSR count). The van der Waals surface area contributed by atoms with Gasteiger partial charge >= 0.3 is 0 Å². The van der Waals surface area contributed by atoms with Gasteiger partial charge in [0.1, 0.15) is 0 Å². The number of unbranched alkanes of at least 4 members (excludes halogenated alkanes) is 8. The van der Waals surface area contributed by atoms with Crippen LogP contribution in [0.15, 0.2) is 48.5 Å². The van der Waals surface area contributed by atoms with Gasteiger partial charge < -0.3 is 4.74 Å². The molecule has 0 radical (unpaired) electrons. The SMILES string of the molecule is CCCCCc1ccc(C(OC(c2ccc(CCCCC)cc2)C2CCC(C3CCC(CCCCC)CC3)CC2)C2CCC(C3CCC(CCCCC)CC3)CC2)cc1. The van der Waals surface area contributed by atoms with Crippen molar-refractivity contribution in [2.75, 3.05) is 0 Å². The Morgan fingerprint density at radius 2 is 0.678 bits per heavy atom. The first kappa shape index (κ1) is 46.9. The van der Waals surface area contributed by atoms with Crippen LogP contribution in [0.3, 0.4) is 0 Å². The molecule has 2 unspecified atom stereocenters. The first-order chi connectivity index (χ1) is 29.1. The molecule has 0 N–H and O–H groups in total. The van der Waals surface area contributed by atoms with Gasteiger partial charge in [-0.2, -0.15) is 0 Å². The molecule has 0 aromatic heterocycles. The summed E-state index contributed by atoms with van der Waals surface area (Å²) in [5, 5.41) is 0. The molecule has 0 spiro atoms. The number of rotatable bonds is 24. The van der Waals surface area contributed by atoms with Crippen LogP contribution in [0.4, 0.5) is 0 Å². The highest BCUT2D eigenvalue weighted by Gasteiger charge is 2.39. The van der Waals surface area contributed by atoms with Crippen LogP contribution in [0, 0.1) is 47.3 Å². The second-order valence-electron chi connectivity index (χ2n) is 21.3. The van der Waals surface area contributed by atoms with E-state index in [1.807, 2.05) is 0 Å². The van der Waals surface area contributed by atoms with Crippen molar-refractivity contribution in [1.82, 2.24) is 0 Å². The molecule has 59 heavy (non-hydrogen) atoms. The Morgan fingerprint density at radius 3 is 1.00 bits per heavy atom. The number of aryl methyl sites for hydroxylation is 2. The molecule has 2 atom stereocenters. The van der Waals surface area contributed by atoms with Crippen LogP contribution in [0.25, 0.3) is 0 Å². The Hall–Kier alpha value is -1.60. The van der Waals surface area contributed by atoms with Crippen LogP contribution < -0.4 is 0 Å². The predicted octanol–water partition coefficient (Wildman–Crippen LogP) is 18.3. The normalized spacial score (nSPS) is 28.9. The van der Waals surface area contributed by atoms with E-state index in [1.54, 1.807) is 0 Å². The molecule has 2 aromatic carbocycles. The Morgan fingerprint density at radius 1 is 0.373 bits per heavy atom. The highest BCUT2D eigenvalue weighted by atomic mass is 16.5. The predicted molar refractivity (Wildman–Crippen MR) is 256 cm³/mol. The molecule has 1 nitrogen and oxygen atoms in total. The van der Waals surface area contributed by atoms with Crippen molar-refractivity contribution in [2.45, 2.75) is 245 Å². The number of hydrogen-bond acceptors (Lipinski definition) is 1. The third-order valence-electron chi connectivity index (χ3n) is 17.1. The number of benzene rings is 2. The van der Waals surface area contributed by atoms with E-state index in [0.717, 1.165) is 35.5 Å². The zero-order valence-corrected chi connectivity index (χ0v) is 39.4. The Bertz CT molecular complexity index is 1240. The quantitative estimate of drug-likeness (QED) is 0.0960. The monoisotopic (exact) mass is 807 g/mol. The van der Waals surface area contributed by atoms with Crippen molar-refractivity contribution < 1.29 is 4.74 Å². The molecule has 0 aliphatic heterocycles. The Labute approximate surface area is 366 Å². The third-order valence-corrected chi connectivity index (χ3v) is 17.1. The Balaban J connectivity index is 1.15. The lowest BCUT2D eigenvalue weighted by Crippen LogP contribution is -2.31. The zero-order chi connectivity index (χ0) is 41.1. The van der Waals surface area contributed by atoms with Gasteiger partial charge in [-0.15, -0.1) is 0 Å². The molecule has 2 aromatic rings. The van der Waals surface area contributed by atoms with Crippen LogP contribution >= 0.6 is 0 Å². The van der Waals surface area contributed by atoms with Crippen LogP contribution in [-0.2, 0) is 17.6 Å². The van der Waals surface area contributed by atoms with Crippen LogP contribution in [0.1, 0.15) is 255 Å². The molecule has 4 saturated carbocycles. The van der Waals surface area contributed by atoms with E-state index in [2.05, 4.69) is 76.2 Å². The van der Waals surface area contributed by atoms with Gasteiger partial charge in [0.05, 0.1) is 12.2 Å². The molecule has 4 aliphatic carbocycles. The van der Waals surface area contributed by atoms with Crippen molar-refractivity contribution in [1.29, 1.82) is 0 Å². The van der Waals surface area contributed by atoms with Gasteiger partial charge in [-0.3, -0.25) is 0 Å². The zero-order valence-electron chi connectivity index (χ0n) is 39.4. The number of ether oxygens (including phenoxy) is 1. The average Bonchev–Trinajstić information content (AvgIpc) is 3.29. The molecule has 4 fully saturated rings. The molecule has 0 bridgehead atoms. The third kappa shape index (κ3) is 14.7. The summed E-state index contributed by atoms with van der Waals surface area (Å²) in [5.41, 5.74) is 5.95. The van der Waals surface area contributed by atoms with E-state index in [1.165, 1.54) is 228 Å². The highest BCUT2D eigenvalue weighted by molar-refractivity contribution is 5.28. The van der Waals surface area contributed by atoms with Gasteiger partial charge in [-0.25, -0.2) is 0 Å². The Kier molecular flexibility index (Phi) is 20.8. The van der Waals surface area contributed by atoms with Gasteiger partial charge in [0.25, 0.3) is 0 Å². The second-order valence-corrected chi connectivity index (χ2v) is 21.3. The highest BCUT2D eigenvalue weighted by Crippen LogP contribution is 2.50. The topological polar surface area (TPSA) is 9.23 Å². The van der Waals surface area contributed by atoms with Gasteiger partial charge in [0.15, 0.2) is 0 Å². The summed E-state index contributed by atoms with van der Waals surface area (Å²) in [6, 6.07) is 19.9. The van der Waals surface area contributed by atoms with Crippen molar-refractivity contribution >= 4 is 0 Å². The lowest BCUT2D eigenvalue weighted by Gasteiger charge is -2.43.